The average molecular weight is 340 g/mol. The van der Waals surface area contributed by atoms with Crippen LogP contribution in [-0.4, -0.2) is 16.2 Å². The van der Waals surface area contributed by atoms with Gasteiger partial charge in [-0.25, -0.2) is 18.3 Å². The van der Waals surface area contributed by atoms with Crippen LogP contribution in [0.15, 0.2) is 62.8 Å². The predicted molar refractivity (Wildman–Crippen MR) is 85.5 cm³/mol. The van der Waals surface area contributed by atoms with Crippen molar-refractivity contribution in [2.45, 2.75) is 13.1 Å². The van der Waals surface area contributed by atoms with Gasteiger partial charge in [-0.15, -0.1) is 0 Å². The number of allylic oxidation sites excluding steroid dienone is 2. The van der Waals surface area contributed by atoms with Crippen molar-refractivity contribution in [1.82, 2.24) is 9.13 Å². The molecule has 0 spiro atoms. The van der Waals surface area contributed by atoms with Crippen LogP contribution < -0.4 is 18.9 Å². The van der Waals surface area contributed by atoms with E-state index in [1.807, 2.05) is 72.8 Å². The molecule has 23 heavy (non-hydrogen) atoms. The third kappa shape index (κ3) is 11.4. The number of imidazole rings is 2. The lowest BCUT2D eigenvalue weighted by molar-refractivity contribution is -0.671. The van der Waals surface area contributed by atoms with Crippen molar-refractivity contribution in [2.24, 2.45) is 14.1 Å². The summed E-state index contributed by atoms with van der Waals surface area (Å²) in [6, 6.07) is 0. The van der Waals surface area contributed by atoms with Crippen molar-refractivity contribution in [2.75, 3.05) is 7.11 Å². The van der Waals surface area contributed by atoms with Crippen molar-refractivity contribution >= 4 is 8.60 Å². The van der Waals surface area contributed by atoms with Gasteiger partial charge in [0.2, 0.25) is 12.7 Å². The van der Waals surface area contributed by atoms with E-state index in [9.17, 15) is 9.79 Å². The molecular formula is C15H25N4O3P. The molecule has 7 nitrogen and oxygen atoms in total. The molecule has 0 amide bonds. The number of aromatic nitrogens is 4. The maximum Gasteiger partial charge on any atom is 0.243 e. The monoisotopic (exact) mass is 340 g/mol. The highest BCUT2D eigenvalue weighted by molar-refractivity contribution is 7.36. The van der Waals surface area contributed by atoms with Crippen LogP contribution in [0.4, 0.5) is 0 Å². The lowest BCUT2D eigenvalue weighted by atomic mass is 10.6. The lowest BCUT2D eigenvalue weighted by Crippen LogP contribution is -2.23. The van der Waals surface area contributed by atoms with Gasteiger partial charge in [0.25, 0.3) is 0 Å². The molecule has 2 aromatic rings. The van der Waals surface area contributed by atoms with E-state index in [1.165, 1.54) is 0 Å². The molecule has 0 aliphatic carbocycles. The fraction of sp³-hybridized carbons (Fsp3) is 0.333. The largest absolute Gasteiger partial charge is 0.820 e. The minimum absolute atomic E-state index is 0.890. The number of rotatable bonds is 5. The van der Waals surface area contributed by atoms with E-state index in [1.54, 1.807) is 0 Å². The first-order valence-electron chi connectivity index (χ1n) is 6.85. The van der Waals surface area contributed by atoms with Gasteiger partial charge in [0.05, 0.1) is 14.1 Å². The van der Waals surface area contributed by atoms with Gasteiger partial charge in [0.1, 0.15) is 37.9 Å². The fourth-order valence-electron chi connectivity index (χ4n) is 1.52. The molecule has 0 saturated carbocycles. The molecule has 0 aliphatic rings. The lowest BCUT2D eigenvalue weighted by Gasteiger charge is -2.25. The Kier molecular flexibility index (Phi) is 11.7. The Hall–Kier alpha value is -1.79. The molecule has 0 fully saturated rings. The molecule has 0 N–H and O–H groups in total. The molecule has 2 rings (SSSR count). The van der Waals surface area contributed by atoms with E-state index in [-0.39, 0.29) is 0 Å². The molecule has 0 unspecified atom stereocenters. The summed E-state index contributed by atoms with van der Waals surface area (Å²) in [5.74, 6) is 0. The van der Waals surface area contributed by atoms with Gasteiger partial charge in [-0.1, -0.05) is 25.3 Å². The summed E-state index contributed by atoms with van der Waals surface area (Å²) < 4.78 is 11.8. The molecule has 2 aromatic heterocycles. The zero-order chi connectivity index (χ0) is 17.7. The van der Waals surface area contributed by atoms with E-state index in [2.05, 4.69) is 26.8 Å². The molecule has 2 heterocycles. The number of nitrogens with zero attached hydrogens (tertiary/aromatic N) is 4. The predicted octanol–water partition coefficient (Wildman–Crippen LogP) is -0.422. The van der Waals surface area contributed by atoms with E-state index in [0.717, 1.165) is 20.2 Å². The minimum Gasteiger partial charge on any atom is -0.820 e. The SMILES string of the molecule is C=CCn1cc[n+](C)c1.C=CCn1cc[n+](C)c1.COP([O-])[O-]. The van der Waals surface area contributed by atoms with Crippen LogP contribution >= 0.6 is 8.60 Å². The van der Waals surface area contributed by atoms with Gasteiger partial charge in [0.15, 0.2) is 0 Å². The van der Waals surface area contributed by atoms with Gasteiger partial charge >= 0.3 is 0 Å². The van der Waals surface area contributed by atoms with E-state index >= 15 is 0 Å². The fourth-order valence-corrected chi connectivity index (χ4v) is 1.52. The minimum atomic E-state index is -2.60. The van der Waals surface area contributed by atoms with Crippen LogP contribution in [0, 0.1) is 0 Å². The maximum absolute atomic E-state index is 9.18. The normalized spacial score (nSPS) is 9.48. The number of aryl methyl sites for hydroxylation is 2. The molecule has 0 saturated heterocycles. The Morgan fingerprint density at radius 2 is 1.35 bits per heavy atom. The second-order valence-electron chi connectivity index (χ2n) is 4.54. The summed E-state index contributed by atoms with van der Waals surface area (Å²) in [5.41, 5.74) is 0. The second-order valence-corrected chi connectivity index (χ2v) is 5.35. The Balaban J connectivity index is 0.000000332. The van der Waals surface area contributed by atoms with Gasteiger partial charge in [-0.2, -0.15) is 8.60 Å². The zero-order valence-electron chi connectivity index (χ0n) is 13.9. The molecule has 0 aliphatic heterocycles. The van der Waals surface area contributed by atoms with Crippen LogP contribution in [0.25, 0.3) is 0 Å². The standard InChI is InChI=1S/2C7H11N2.CH3O3P/c2*1-3-4-9-6-5-8(2)7-9;1-4-5(2)3/h2*3,5-7H,1,4H2,2H3;1H3/q2*+1;-2. The third-order valence-corrected chi connectivity index (χ3v) is 2.77. The Morgan fingerprint density at radius 1 is 1.00 bits per heavy atom. The first-order chi connectivity index (χ1) is 10.9. The molecular weight excluding hydrogens is 315 g/mol. The average Bonchev–Trinajstić information content (AvgIpc) is 3.10. The van der Waals surface area contributed by atoms with Crippen LogP contribution in [0.5, 0.6) is 0 Å². The van der Waals surface area contributed by atoms with Crippen molar-refractivity contribution in [3.63, 3.8) is 0 Å². The first kappa shape index (κ1) is 21.2. The van der Waals surface area contributed by atoms with Crippen molar-refractivity contribution in [1.29, 1.82) is 0 Å². The smallest absolute Gasteiger partial charge is 0.243 e. The summed E-state index contributed by atoms with van der Waals surface area (Å²) in [7, 11) is 2.50. The van der Waals surface area contributed by atoms with Crippen LogP contribution in [0.3, 0.4) is 0 Å². The Bertz CT molecular complexity index is 520. The first-order valence-corrected chi connectivity index (χ1v) is 7.94. The van der Waals surface area contributed by atoms with Crippen molar-refractivity contribution in [3.05, 3.63) is 62.8 Å². The van der Waals surface area contributed by atoms with E-state index in [4.69, 9.17) is 0 Å². The van der Waals surface area contributed by atoms with Crippen molar-refractivity contribution in [3.8, 4) is 0 Å². The van der Waals surface area contributed by atoms with Gasteiger partial charge < -0.3 is 14.3 Å². The van der Waals surface area contributed by atoms with Crippen LogP contribution in [0.2, 0.25) is 0 Å². The quantitative estimate of drug-likeness (QED) is 0.421. The molecule has 0 bridgehead atoms. The summed E-state index contributed by atoms with van der Waals surface area (Å²) in [6.07, 6.45) is 15.8. The van der Waals surface area contributed by atoms with Gasteiger partial charge in [-0.05, 0) is 0 Å². The Labute approximate surface area is 139 Å². The Morgan fingerprint density at radius 3 is 1.52 bits per heavy atom. The number of hydrogen-bond acceptors (Lipinski definition) is 3. The second kappa shape index (κ2) is 12.7. The summed E-state index contributed by atoms with van der Waals surface area (Å²) in [6.45, 7) is 9.05. The van der Waals surface area contributed by atoms with Gasteiger partial charge in [0, 0.05) is 7.11 Å². The summed E-state index contributed by atoms with van der Waals surface area (Å²) >= 11 is 0. The number of hydrogen-bond donors (Lipinski definition) is 0. The van der Waals surface area contributed by atoms with Crippen molar-refractivity contribution < 1.29 is 23.4 Å². The third-order valence-electron chi connectivity index (χ3n) is 2.48. The van der Waals surface area contributed by atoms with Gasteiger partial charge in [-0.3, -0.25) is 0 Å². The highest BCUT2D eigenvalue weighted by Gasteiger charge is 1.94. The highest BCUT2D eigenvalue weighted by atomic mass is 31.2. The highest BCUT2D eigenvalue weighted by Crippen LogP contribution is 2.07. The topological polar surface area (TPSA) is 73.0 Å². The van der Waals surface area contributed by atoms with E-state index < -0.39 is 8.60 Å². The van der Waals surface area contributed by atoms with Crippen LogP contribution in [0.1, 0.15) is 0 Å². The zero-order valence-corrected chi connectivity index (χ0v) is 14.8. The molecule has 8 heteroatoms. The molecule has 0 radical (unpaired) electrons. The molecule has 0 atom stereocenters. The summed E-state index contributed by atoms with van der Waals surface area (Å²) in [4.78, 5) is 18.4. The summed E-state index contributed by atoms with van der Waals surface area (Å²) in [5, 5.41) is 0. The molecule has 128 valence electrons. The van der Waals surface area contributed by atoms with Crippen LogP contribution in [-0.2, 0) is 31.7 Å². The van der Waals surface area contributed by atoms with E-state index in [0.29, 0.717) is 0 Å². The maximum atomic E-state index is 9.18. The molecule has 0 aromatic carbocycles.